The van der Waals surface area contributed by atoms with Crippen LogP contribution in [0.5, 0.6) is 0 Å². The molecule has 21 heavy (non-hydrogen) atoms. The highest BCUT2D eigenvalue weighted by atomic mass is 32.2. The number of rotatable bonds is 4. The number of nitrogens with one attached hydrogen (secondary N) is 1. The van der Waals surface area contributed by atoms with Crippen molar-refractivity contribution in [3.63, 3.8) is 0 Å². The van der Waals surface area contributed by atoms with Crippen LogP contribution in [0.1, 0.15) is 32.8 Å². The summed E-state index contributed by atoms with van der Waals surface area (Å²) in [4.78, 5) is 12.2. The van der Waals surface area contributed by atoms with Crippen molar-refractivity contribution < 1.29 is 13.2 Å². The van der Waals surface area contributed by atoms with Crippen LogP contribution in [0.4, 0.5) is 5.69 Å². The minimum atomic E-state index is -3.30. The summed E-state index contributed by atoms with van der Waals surface area (Å²) >= 11 is 0. The summed E-state index contributed by atoms with van der Waals surface area (Å²) in [6.07, 6.45) is 1.32. The summed E-state index contributed by atoms with van der Waals surface area (Å²) < 4.78 is 23.1. The molecule has 0 saturated carbocycles. The van der Waals surface area contributed by atoms with Gasteiger partial charge in [-0.3, -0.25) is 4.79 Å². The van der Waals surface area contributed by atoms with Crippen LogP contribution in [0.15, 0.2) is 23.1 Å². The number of anilines is 1. The molecule has 1 unspecified atom stereocenters. The fourth-order valence-corrected chi connectivity index (χ4v) is 2.32. The molecule has 1 amide bonds. The predicted molar refractivity (Wildman–Crippen MR) is 85.0 cm³/mol. The van der Waals surface area contributed by atoms with Gasteiger partial charge in [0.2, 0.25) is 5.91 Å². The number of nitrogens with two attached hydrogens (primary N) is 1. The topological polar surface area (TPSA) is 89.3 Å². The molecular formula is C15H24N2O3S. The Bertz CT molecular complexity index is 631. The van der Waals surface area contributed by atoms with E-state index in [2.05, 4.69) is 5.32 Å². The van der Waals surface area contributed by atoms with E-state index in [1.54, 1.807) is 6.07 Å². The van der Waals surface area contributed by atoms with Crippen molar-refractivity contribution in [2.24, 2.45) is 11.1 Å². The predicted octanol–water partition coefficient (Wildman–Crippen LogP) is 2.10. The zero-order chi connectivity index (χ0) is 16.4. The zero-order valence-electron chi connectivity index (χ0n) is 13.2. The maximum Gasteiger partial charge on any atom is 0.225 e. The second kappa shape index (κ2) is 6.15. The van der Waals surface area contributed by atoms with Crippen molar-refractivity contribution >= 4 is 21.4 Å². The Morgan fingerprint density at radius 1 is 1.33 bits per heavy atom. The van der Waals surface area contributed by atoms with Gasteiger partial charge >= 0.3 is 0 Å². The lowest BCUT2D eigenvalue weighted by atomic mass is 9.85. The summed E-state index contributed by atoms with van der Waals surface area (Å²) in [5.74, 6) is -0.217. The summed E-state index contributed by atoms with van der Waals surface area (Å²) in [6.45, 7) is 7.73. The number of amides is 1. The number of sulfone groups is 1. The van der Waals surface area contributed by atoms with Gasteiger partial charge in [-0.25, -0.2) is 8.42 Å². The second-order valence-electron chi connectivity index (χ2n) is 6.47. The molecular weight excluding hydrogens is 288 g/mol. The smallest absolute Gasteiger partial charge is 0.225 e. The number of carbonyl (C=O) groups excluding carboxylic acids is 1. The van der Waals surface area contributed by atoms with Gasteiger partial charge < -0.3 is 11.1 Å². The summed E-state index contributed by atoms with van der Waals surface area (Å²) in [7, 11) is -3.30. The van der Waals surface area contributed by atoms with E-state index in [4.69, 9.17) is 5.73 Å². The number of aryl methyl sites for hydroxylation is 1. The van der Waals surface area contributed by atoms with Gasteiger partial charge in [-0.15, -0.1) is 0 Å². The highest BCUT2D eigenvalue weighted by Crippen LogP contribution is 2.23. The fraction of sp³-hybridized carbons (Fsp3) is 0.533. The van der Waals surface area contributed by atoms with E-state index >= 15 is 0 Å². The fourth-order valence-electron chi connectivity index (χ4n) is 1.67. The van der Waals surface area contributed by atoms with Crippen molar-refractivity contribution in [2.45, 2.75) is 45.1 Å². The molecule has 0 radical (unpaired) electrons. The molecule has 0 heterocycles. The van der Waals surface area contributed by atoms with Crippen molar-refractivity contribution in [3.05, 3.63) is 23.8 Å². The van der Waals surface area contributed by atoms with Gasteiger partial charge in [-0.1, -0.05) is 26.8 Å². The third kappa shape index (κ3) is 5.13. The minimum absolute atomic E-state index is 0.166. The third-order valence-electron chi connectivity index (χ3n) is 3.43. The normalized spacial score (nSPS) is 13.8. The van der Waals surface area contributed by atoms with Gasteiger partial charge in [-0.05, 0) is 30.0 Å². The van der Waals surface area contributed by atoms with Crippen LogP contribution in [0.2, 0.25) is 0 Å². The maximum absolute atomic E-state index is 12.0. The standard InChI is InChI=1S/C15H24N2O3S/c1-10-6-7-11(21(5,19)20)8-12(10)17-14(18)9-13(16)15(2,3)4/h6-8,13H,9,16H2,1-5H3,(H,17,18). The zero-order valence-corrected chi connectivity index (χ0v) is 14.0. The van der Waals surface area contributed by atoms with Crippen LogP contribution in [0.25, 0.3) is 0 Å². The van der Waals surface area contributed by atoms with Crippen LogP contribution >= 0.6 is 0 Å². The van der Waals surface area contributed by atoms with Crippen LogP contribution in [0.3, 0.4) is 0 Å². The van der Waals surface area contributed by atoms with Crippen LogP contribution < -0.4 is 11.1 Å². The first kappa shape index (κ1) is 17.7. The first-order chi connectivity index (χ1) is 9.41. The van der Waals surface area contributed by atoms with Crippen molar-refractivity contribution in [1.82, 2.24) is 0 Å². The van der Waals surface area contributed by atoms with E-state index in [1.165, 1.54) is 12.1 Å². The highest BCUT2D eigenvalue weighted by Gasteiger charge is 2.23. The van der Waals surface area contributed by atoms with E-state index < -0.39 is 9.84 Å². The van der Waals surface area contributed by atoms with Gasteiger partial charge in [0.05, 0.1) is 4.90 Å². The molecule has 0 fully saturated rings. The molecule has 0 aliphatic heterocycles. The SMILES string of the molecule is Cc1ccc(S(C)(=O)=O)cc1NC(=O)CC(N)C(C)(C)C. The lowest BCUT2D eigenvalue weighted by Gasteiger charge is -2.26. The first-order valence-corrected chi connectivity index (χ1v) is 8.66. The summed E-state index contributed by atoms with van der Waals surface area (Å²) in [6, 6.07) is 4.41. The molecule has 1 aromatic carbocycles. The van der Waals surface area contributed by atoms with Gasteiger partial charge in [0.1, 0.15) is 0 Å². The van der Waals surface area contributed by atoms with E-state index in [1.807, 2.05) is 27.7 Å². The lowest BCUT2D eigenvalue weighted by Crippen LogP contribution is -2.38. The van der Waals surface area contributed by atoms with E-state index in [0.29, 0.717) is 5.69 Å². The van der Waals surface area contributed by atoms with Gasteiger partial charge in [0.15, 0.2) is 9.84 Å². The highest BCUT2D eigenvalue weighted by molar-refractivity contribution is 7.90. The quantitative estimate of drug-likeness (QED) is 0.891. The first-order valence-electron chi connectivity index (χ1n) is 6.77. The number of hydrogen-bond donors (Lipinski definition) is 2. The van der Waals surface area contributed by atoms with Crippen molar-refractivity contribution in [2.75, 3.05) is 11.6 Å². The average Bonchev–Trinajstić information content (AvgIpc) is 2.29. The molecule has 1 aromatic rings. The Labute approximate surface area is 126 Å². The molecule has 0 aliphatic rings. The molecule has 3 N–H and O–H groups in total. The molecule has 0 spiro atoms. The second-order valence-corrected chi connectivity index (χ2v) is 8.49. The monoisotopic (exact) mass is 312 g/mol. The van der Waals surface area contributed by atoms with Crippen molar-refractivity contribution in [3.8, 4) is 0 Å². The van der Waals surface area contributed by atoms with E-state index in [9.17, 15) is 13.2 Å². The molecule has 0 aromatic heterocycles. The molecule has 5 nitrogen and oxygen atoms in total. The molecule has 0 aliphatic carbocycles. The van der Waals surface area contributed by atoms with Crippen LogP contribution in [0, 0.1) is 12.3 Å². The molecule has 1 atom stereocenters. The Kier molecular flexibility index (Phi) is 5.17. The van der Waals surface area contributed by atoms with Crippen LogP contribution in [-0.2, 0) is 14.6 Å². The van der Waals surface area contributed by atoms with Gasteiger partial charge in [0, 0.05) is 24.4 Å². The molecule has 6 heteroatoms. The largest absolute Gasteiger partial charge is 0.327 e. The summed E-state index contributed by atoms with van der Waals surface area (Å²) in [5.41, 5.74) is 7.13. The Hall–Kier alpha value is -1.40. The molecule has 0 bridgehead atoms. The van der Waals surface area contributed by atoms with Crippen LogP contribution in [-0.4, -0.2) is 26.6 Å². The summed E-state index contributed by atoms with van der Waals surface area (Å²) in [5, 5.41) is 2.74. The number of carbonyl (C=O) groups is 1. The molecule has 0 saturated heterocycles. The van der Waals surface area contributed by atoms with Gasteiger partial charge in [0.25, 0.3) is 0 Å². The Balaban J connectivity index is 2.91. The van der Waals surface area contributed by atoms with E-state index in [0.717, 1.165) is 11.8 Å². The molecule has 1 rings (SSSR count). The third-order valence-corrected chi connectivity index (χ3v) is 4.54. The maximum atomic E-state index is 12.0. The average molecular weight is 312 g/mol. The Morgan fingerprint density at radius 3 is 2.38 bits per heavy atom. The van der Waals surface area contributed by atoms with Gasteiger partial charge in [-0.2, -0.15) is 0 Å². The molecule has 118 valence electrons. The lowest BCUT2D eigenvalue weighted by molar-refractivity contribution is -0.117. The number of benzene rings is 1. The number of hydrogen-bond acceptors (Lipinski definition) is 4. The minimum Gasteiger partial charge on any atom is -0.327 e. The Morgan fingerprint density at radius 2 is 1.90 bits per heavy atom. The van der Waals surface area contributed by atoms with E-state index in [-0.39, 0.29) is 28.7 Å². The van der Waals surface area contributed by atoms with Crippen molar-refractivity contribution in [1.29, 1.82) is 0 Å².